The maximum atomic E-state index is 11.8. The smallest absolute Gasteiger partial charge is 0.323 e. The molecule has 4 N–H and O–H groups in total. The third kappa shape index (κ3) is 4.75. The van der Waals surface area contributed by atoms with Crippen LogP contribution in [0.5, 0.6) is 0 Å². The van der Waals surface area contributed by atoms with Gasteiger partial charge in [-0.2, -0.15) is 0 Å². The summed E-state index contributed by atoms with van der Waals surface area (Å²) in [7, 11) is 0. The molecule has 2 atom stereocenters. The Morgan fingerprint density at radius 1 is 1.38 bits per heavy atom. The van der Waals surface area contributed by atoms with Crippen LogP contribution >= 0.6 is 0 Å². The second kappa shape index (κ2) is 8.26. The van der Waals surface area contributed by atoms with Gasteiger partial charge in [0.2, 0.25) is 0 Å². The van der Waals surface area contributed by atoms with Crippen LogP contribution in [-0.4, -0.2) is 29.7 Å². The van der Waals surface area contributed by atoms with Crippen LogP contribution < -0.4 is 11.1 Å². The number of ether oxygens (including phenoxy) is 1. The number of carbonyl (C=O) groups excluding carboxylic acids is 1. The molecule has 1 aromatic rings. The largest absolute Gasteiger partial charge is 0.465 e. The lowest BCUT2D eigenvalue weighted by Crippen LogP contribution is -2.39. The topological polar surface area (TPSA) is 96.9 Å². The maximum Gasteiger partial charge on any atom is 0.323 e. The Kier molecular flexibility index (Phi) is 6.68. The first kappa shape index (κ1) is 17.0. The highest BCUT2D eigenvalue weighted by atomic mass is 16.5. The van der Waals surface area contributed by atoms with Gasteiger partial charge >= 0.3 is 5.97 Å². The summed E-state index contributed by atoms with van der Waals surface area (Å²) in [6, 6.07) is 6.96. The minimum absolute atomic E-state index is 0.0132. The molecule has 0 radical (unpaired) electrons. The molecule has 0 saturated carbocycles. The first-order valence-corrected chi connectivity index (χ1v) is 7.04. The second-order valence-electron chi connectivity index (χ2n) is 4.71. The van der Waals surface area contributed by atoms with Gasteiger partial charge in [0.15, 0.2) is 5.84 Å². The number of oxime groups is 1. The molecule has 0 fully saturated rings. The molecule has 116 valence electrons. The summed E-state index contributed by atoms with van der Waals surface area (Å²) in [5.41, 5.74) is 7.17. The molecular formula is C15H23N3O3. The Bertz CT molecular complexity index is 485. The van der Waals surface area contributed by atoms with E-state index in [1.807, 2.05) is 26.0 Å². The van der Waals surface area contributed by atoms with Crippen molar-refractivity contribution >= 4 is 11.8 Å². The maximum absolute atomic E-state index is 11.8. The van der Waals surface area contributed by atoms with Gasteiger partial charge in [-0.3, -0.25) is 10.1 Å². The lowest BCUT2D eigenvalue weighted by molar-refractivity contribution is -0.146. The molecule has 0 aromatic heterocycles. The van der Waals surface area contributed by atoms with Gasteiger partial charge in [-0.05, 0) is 25.8 Å². The third-order valence-corrected chi connectivity index (χ3v) is 3.24. The number of nitrogens with zero attached hydrogens (tertiary/aromatic N) is 1. The van der Waals surface area contributed by atoms with Crippen molar-refractivity contribution in [3.63, 3.8) is 0 Å². The standard InChI is InChI=1S/C15H23N3O3/c1-4-13(15(19)21-5-2)17-10(3)11-6-8-12(9-7-11)14(16)18-20/h6-10,13,17,20H,4-5H2,1-3H3,(H2,16,18). The van der Waals surface area contributed by atoms with Crippen LogP contribution in [-0.2, 0) is 9.53 Å². The fourth-order valence-electron chi connectivity index (χ4n) is 1.99. The lowest BCUT2D eigenvalue weighted by atomic mass is 10.0. The van der Waals surface area contributed by atoms with E-state index in [4.69, 9.17) is 15.7 Å². The fraction of sp³-hybridized carbons (Fsp3) is 0.467. The van der Waals surface area contributed by atoms with E-state index in [-0.39, 0.29) is 23.9 Å². The van der Waals surface area contributed by atoms with Crippen molar-refractivity contribution in [3.05, 3.63) is 35.4 Å². The highest BCUT2D eigenvalue weighted by molar-refractivity contribution is 5.96. The highest BCUT2D eigenvalue weighted by Crippen LogP contribution is 2.15. The summed E-state index contributed by atoms with van der Waals surface area (Å²) < 4.78 is 5.04. The van der Waals surface area contributed by atoms with E-state index in [2.05, 4.69) is 10.5 Å². The molecule has 1 rings (SSSR count). The molecule has 0 saturated heterocycles. The van der Waals surface area contributed by atoms with Gasteiger partial charge in [0.25, 0.3) is 0 Å². The van der Waals surface area contributed by atoms with Gasteiger partial charge in [-0.1, -0.05) is 36.3 Å². The zero-order valence-corrected chi connectivity index (χ0v) is 12.7. The minimum atomic E-state index is -0.330. The van der Waals surface area contributed by atoms with Gasteiger partial charge in [0.1, 0.15) is 6.04 Å². The number of esters is 1. The Morgan fingerprint density at radius 2 is 2.00 bits per heavy atom. The number of hydrogen-bond donors (Lipinski definition) is 3. The summed E-state index contributed by atoms with van der Waals surface area (Å²) >= 11 is 0. The molecule has 6 heteroatoms. The molecule has 1 aromatic carbocycles. The van der Waals surface area contributed by atoms with E-state index in [0.717, 1.165) is 5.56 Å². The normalized spacial score (nSPS) is 14.5. The van der Waals surface area contributed by atoms with Crippen molar-refractivity contribution < 1.29 is 14.7 Å². The zero-order valence-electron chi connectivity index (χ0n) is 12.7. The average molecular weight is 293 g/mol. The van der Waals surface area contributed by atoms with E-state index < -0.39 is 0 Å². The van der Waals surface area contributed by atoms with Gasteiger partial charge in [0, 0.05) is 11.6 Å². The quantitative estimate of drug-likeness (QED) is 0.234. The third-order valence-electron chi connectivity index (χ3n) is 3.24. The Morgan fingerprint density at radius 3 is 2.48 bits per heavy atom. The number of nitrogens with two attached hydrogens (primary N) is 1. The van der Waals surface area contributed by atoms with Crippen molar-refractivity contribution in [2.24, 2.45) is 10.9 Å². The lowest BCUT2D eigenvalue weighted by Gasteiger charge is -2.21. The van der Waals surface area contributed by atoms with Crippen LogP contribution in [0.3, 0.4) is 0 Å². The summed E-state index contributed by atoms with van der Waals surface area (Å²) in [5, 5.41) is 14.8. The van der Waals surface area contributed by atoms with Gasteiger partial charge < -0.3 is 15.7 Å². The fourth-order valence-corrected chi connectivity index (χ4v) is 1.99. The molecule has 0 amide bonds. The van der Waals surface area contributed by atoms with Crippen molar-refractivity contribution in [1.82, 2.24) is 5.32 Å². The molecule has 0 bridgehead atoms. The van der Waals surface area contributed by atoms with E-state index in [1.165, 1.54) is 0 Å². The predicted molar refractivity (Wildman–Crippen MR) is 81.2 cm³/mol. The number of nitrogens with one attached hydrogen (secondary N) is 1. The molecule has 0 heterocycles. The van der Waals surface area contributed by atoms with Crippen LogP contribution in [0.15, 0.2) is 29.4 Å². The summed E-state index contributed by atoms with van der Waals surface area (Å²) in [6.07, 6.45) is 0.658. The molecule has 0 aliphatic carbocycles. The van der Waals surface area contributed by atoms with Crippen LogP contribution in [0.1, 0.15) is 44.4 Å². The number of carbonyl (C=O) groups is 1. The van der Waals surface area contributed by atoms with E-state index in [1.54, 1.807) is 19.1 Å². The highest BCUT2D eigenvalue weighted by Gasteiger charge is 2.20. The van der Waals surface area contributed by atoms with Crippen LogP contribution in [0, 0.1) is 0 Å². The van der Waals surface area contributed by atoms with Gasteiger partial charge in [0.05, 0.1) is 6.61 Å². The van der Waals surface area contributed by atoms with Gasteiger partial charge in [-0.15, -0.1) is 0 Å². The predicted octanol–water partition coefficient (Wildman–Crippen LogP) is 1.77. The van der Waals surface area contributed by atoms with E-state index in [9.17, 15) is 4.79 Å². The van der Waals surface area contributed by atoms with Crippen molar-refractivity contribution in [2.75, 3.05) is 6.61 Å². The summed E-state index contributed by atoms with van der Waals surface area (Å²) in [5.74, 6) is -0.166. The molecule has 6 nitrogen and oxygen atoms in total. The SMILES string of the molecule is CCOC(=O)C(CC)NC(C)c1ccc(C(N)=NO)cc1. The number of amidine groups is 1. The first-order valence-electron chi connectivity index (χ1n) is 7.04. The Hall–Kier alpha value is -2.08. The van der Waals surface area contributed by atoms with Crippen molar-refractivity contribution in [3.8, 4) is 0 Å². The van der Waals surface area contributed by atoms with Gasteiger partial charge in [-0.25, -0.2) is 0 Å². The molecule has 0 aliphatic rings. The van der Waals surface area contributed by atoms with E-state index >= 15 is 0 Å². The number of hydrogen-bond acceptors (Lipinski definition) is 5. The summed E-state index contributed by atoms with van der Waals surface area (Å²) in [6.45, 7) is 6.07. The molecule has 2 unspecified atom stereocenters. The van der Waals surface area contributed by atoms with Crippen molar-refractivity contribution in [2.45, 2.75) is 39.3 Å². The molecule has 21 heavy (non-hydrogen) atoms. The average Bonchev–Trinajstić information content (AvgIpc) is 2.51. The Balaban J connectivity index is 2.74. The van der Waals surface area contributed by atoms with Crippen LogP contribution in [0.25, 0.3) is 0 Å². The molecule has 0 spiro atoms. The first-order chi connectivity index (χ1) is 10.0. The van der Waals surface area contributed by atoms with Crippen LogP contribution in [0.2, 0.25) is 0 Å². The minimum Gasteiger partial charge on any atom is -0.465 e. The van der Waals surface area contributed by atoms with Crippen LogP contribution in [0.4, 0.5) is 0 Å². The second-order valence-corrected chi connectivity index (χ2v) is 4.71. The Labute approximate surface area is 125 Å². The van der Waals surface area contributed by atoms with Crippen molar-refractivity contribution in [1.29, 1.82) is 0 Å². The van der Waals surface area contributed by atoms with E-state index in [0.29, 0.717) is 18.6 Å². The number of rotatable bonds is 7. The summed E-state index contributed by atoms with van der Waals surface area (Å²) in [4.78, 5) is 11.8. The zero-order chi connectivity index (χ0) is 15.8. The molecular weight excluding hydrogens is 270 g/mol. The molecule has 0 aliphatic heterocycles. The monoisotopic (exact) mass is 293 g/mol. The number of benzene rings is 1.